The van der Waals surface area contributed by atoms with Crippen molar-refractivity contribution in [2.75, 3.05) is 14.2 Å². The number of carbonyl (C=O) groups is 2. The van der Waals surface area contributed by atoms with Crippen LogP contribution in [-0.4, -0.2) is 25.8 Å². The van der Waals surface area contributed by atoms with Crippen molar-refractivity contribution >= 4 is 17.1 Å². The lowest BCUT2D eigenvalue weighted by Gasteiger charge is -2.15. The predicted molar refractivity (Wildman–Crippen MR) is 103 cm³/mol. The minimum Gasteiger partial charge on any atom is -0.493 e. The Bertz CT molecular complexity index is 891. The van der Waals surface area contributed by atoms with Crippen LogP contribution in [0.25, 0.3) is 5.57 Å². The lowest BCUT2D eigenvalue weighted by Crippen LogP contribution is -2.09. The molecular weight excluding hydrogens is 328 g/mol. The molecule has 0 saturated carbocycles. The van der Waals surface area contributed by atoms with Crippen LogP contribution >= 0.6 is 0 Å². The molecule has 0 aliphatic rings. The number of rotatable bonds is 6. The number of ketones is 2. The Morgan fingerprint density at radius 2 is 1.46 bits per heavy atom. The summed E-state index contributed by atoms with van der Waals surface area (Å²) in [5, 5.41) is 0. The first kappa shape index (κ1) is 19.4. The highest BCUT2D eigenvalue weighted by atomic mass is 16.5. The Morgan fingerprint density at radius 1 is 0.885 bits per heavy atom. The summed E-state index contributed by atoms with van der Waals surface area (Å²) in [6, 6.07) is 8.81. The normalized spacial score (nSPS) is 11.2. The summed E-state index contributed by atoms with van der Waals surface area (Å²) in [5.41, 5.74) is 4.20. The summed E-state index contributed by atoms with van der Waals surface area (Å²) >= 11 is 0. The molecule has 0 aliphatic carbocycles. The molecule has 2 aromatic carbocycles. The monoisotopic (exact) mass is 352 g/mol. The number of Topliss-reactive ketones (excluding diaryl/α,β-unsaturated/α-hetero) is 1. The van der Waals surface area contributed by atoms with Crippen molar-refractivity contribution in [3.8, 4) is 11.5 Å². The second kappa shape index (κ2) is 8.00. The quantitative estimate of drug-likeness (QED) is 0.565. The molecule has 4 heteroatoms. The van der Waals surface area contributed by atoms with E-state index in [2.05, 4.69) is 0 Å². The molecule has 0 N–H and O–H groups in total. The molecule has 4 nitrogen and oxygen atoms in total. The SMILES string of the molecule is C/C=C(/C(C)=O)c1cc(C)c(C)cc1C(=O)c1ccc(OC)c(OC)c1. The fourth-order valence-corrected chi connectivity index (χ4v) is 2.91. The van der Waals surface area contributed by atoms with E-state index >= 15 is 0 Å². The van der Waals surface area contributed by atoms with Crippen molar-refractivity contribution in [3.63, 3.8) is 0 Å². The number of methoxy groups -OCH3 is 2. The van der Waals surface area contributed by atoms with Crippen LogP contribution in [0.1, 0.15) is 46.5 Å². The van der Waals surface area contributed by atoms with Gasteiger partial charge in [0.05, 0.1) is 14.2 Å². The molecule has 26 heavy (non-hydrogen) atoms. The van der Waals surface area contributed by atoms with E-state index in [0.29, 0.717) is 33.8 Å². The van der Waals surface area contributed by atoms with Crippen LogP contribution in [0.3, 0.4) is 0 Å². The van der Waals surface area contributed by atoms with Gasteiger partial charge in [-0.1, -0.05) is 12.1 Å². The van der Waals surface area contributed by atoms with Crippen molar-refractivity contribution in [1.29, 1.82) is 0 Å². The molecule has 0 saturated heterocycles. The van der Waals surface area contributed by atoms with Gasteiger partial charge >= 0.3 is 0 Å². The van der Waals surface area contributed by atoms with Crippen LogP contribution in [0, 0.1) is 13.8 Å². The zero-order chi connectivity index (χ0) is 19.4. The van der Waals surface area contributed by atoms with Crippen LogP contribution in [0.5, 0.6) is 11.5 Å². The maximum absolute atomic E-state index is 13.2. The summed E-state index contributed by atoms with van der Waals surface area (Å²) in [6.45, 7) is 7.23. The van der Waals surface area contributed by atoms with E-state index in [4.69, 9.17) is 9.47 Å². The highest BCUT2D eigenvalue weighted by molar-refractivity contribution is 6.23. The third-order valence-corrected chi connectivity index (χ3v) is 4.48. The van der Waals surface area contributed by atoms with Gasteiger partial charge in [0.25, 0.3) is 0 Å². The molecule has 136 valence electrons. The maximum Gasteiger partial charge on any atom is 0.193 e. The van der Waals surface area contributed by atoms with Crippen molar-refractivity contribution < 1.29 is 19.1 Å². The maximum atomic E-state index is 13.2. The number of aryl methyl sites for hydroxylation is 2. The summed E-state index contributed by atoms with van der Waals surface area (Å²) in [7, 11) is 3.08. The Morgan fingerprint density at radius 3 is 1.96 bits per heavy atom. The topological polar surface area (TPSA) is 52.6 Å². The minimum atomic E-state index is -0.162. The molecule has 2 aromatic rings. The lowest BCUT2D eigenvalue weighted by atomic mass is 9.89. The fourth-order valence-electron chi connectivity index (χ4n) is 2.91. The van der Waals surface area contributed by atoms with Gasteiger partial charge in [0.1, 0.15) is 0 Å². The summed E-state index contributed by atoms with van der Waals surface area (Å²) in [6.07, 6.45) is 1.75. The Balaban J connectivity index is 2.66. The summed E-state index contributed by atoms with van der Waals surface area (Å²) in [4.78, 5) is 25.3. The second-order valence-electron chi connectivity index (χ2n) is 6.14. The van der Waals surface area contributed by atoms with E-state index in [1.807, 2.05) is 26.0 Å². The molecule has 0 radical (unpaired) electrons. The zero-order valence-corrected chi connectivity index (χ0v) is 16.1. The van der Waals surface area contributed by atoms with E-state index in [0.717, 1.165) is 11.1 Å². The molecule has 0 spiro atoms. The fraction of sp³-hybridized carbons (Fsp3) is 0.273. The highest BCUT2D eigenvalue weighted by Gasteiger charge is 2.20. The molecule has 0 heterocycles. The number of benzene rings is 2. The van der Waals surface area contributed by atoms with Crippen molar-refractivity contribution in [3.05, 3.63) is 64.2 Å². The van der Waals surface area contributed by atoms with Crippen LogP contribution in [-0.2, 0) is 4.79 Å². The standard InChI is InChI=1S/C22H24O4/c1-7-17(15(4)23)18-10-13(2)14(3)11-19(18)22(24)16-8-9-20(25-5)21(12-16)26-6/h7-12H,1-6H3/b17-7-. The van der Waals surface area contributed by atoms with Crippen molar-refractivity contribution in [2.24, 2.45) is 0 Å². The van der Waals surface area contributed by atoms with Crippen molar-refractivity contribution in [1.82, 2.24) is 0 Å². The number of allylic oxidation sites excluding steroid dienone is 2. The molecule has 0 aromatic heterocycles. The van der Waals surface area contributed by atoms with Gasteiger partial charge < -0.3 is 9.47 Å². The Hall–Kier alpha value is -2.88. The summed E-state index contributed by atoms with van der Waals surface area (Å²) in [5.74, 6) is 0.811. The van der Waals surface area contributed by atoms with Gasteiger partial charge in [0.2, 0.25) is 0 Å². The van der Waals surface area contributed by atoms with Gasteiger partial charge in [-0.05, 0) is 68.7 Å². The van der Waals surface area contributed by atoms with Gasteiger partial charge in [-0.15, -0.1) is 0 Å². The molecule has 0 unspecified atom stereocenters. The number of carbonyl (C=O) groups excluding carboxylic acids is 2. The molecule has 0 bridgehead atoms. The van der Waals surface area contributed by atoms with E-state index in [9.17, 15) is 9.59 Å². The average Bonchev–Trinajstić information content (AvgIpc) is 2.63. The van der Waals surface area contributed by atoms with Gasteiger partial charge in [0.15, 0.2) is 23.1 Å². The molecule has 0 atom stereocenters. The largest absolute Gasteiger partial charge is 0.493 e. The first-order valence-corrected chi connectivity index (χ1v) is 8.39. The van der Waals surface area contributed by atoms with Crippen LogP contribution in [0.2, 0.25) is 0 Å². The number of ether oxygens (including phenoxy) is 2. The lowest BCUT2D eigenvalue weighted by molar-refractivity contribution is -0.111. The van der Waals surface area contributed by atoms with E-state index < -0.39 is 0 Å². The second-order valence-corrected chi connectivity index (χ2v) is 6.14. The van der Waals surface area contributed by atoms with Crippen LogP contribution in [0.4, 0.5) is 0 Å². The van der Waals surface area contributed by atoms with Gasteiger partial charge in [-0.2, -0.15) is 0 Å². The van der Waals surface area contributed by atoms with Gasteiger partial charge in [-0.3, -0.25) is 9.59 Å². The first-order chi connectivity index (χ1) is 12.3. The third-order valence-electron chi connectivity index (χ3n) is 4.48. The molecule has 0 amide bonds. The summed E-state index contributed by atoms with van der Waals surface area (Å²) < 4.78 is 10.5. The van der Waals surface area contributed by atoms with Crippen LogP contribution < -0.4 is 9.47 Å². The smallest absolute Gasteiger partial charge is 0.193 e. The minimum absolute atomic E-state index is 0.0721. The van der Waals surface area contributed by atoms with Crippen LogP contribution in [0.15, 0.2) is 36.4 Å². The Labute approximate surface area is 154 Å². The van der Waals surface area contributed by atoms with E-state index in [1.54, 1.807) is 38.3 Å². The Kier molecular flexibility index (Phi) is 5.98. The average molecular weight is 352 g/mol. The molecular formula is C22H24O4. The molecule has 0 aliphatic heterocycles. The molecule has 0 fully saturated rings. The molecule has 2 rings (SSSR count). The number of hydrogen-bond donors (Lipinski definition) is 0. The first-order valence-electron chi connectivity index (χ1n) is 8.39. The third kappa shape index (κ3) is 3.69. The highest BCUT2D eigenvalue weighted by Crippen LogP contribution is 2.31. The van der Waals surface area contributed by atoms with E-state index in [1.165, 1.54) is 14.0 Å². The van der Waals surface area contributed by atoms with Gasteiger partial charge in [-0.25, -0.2) is 0 Å². The predicted octanol–water partition coefficient (Wildman–Crippen LogP) is 4.54. The van der Waals surface area contributed by atoms with E-state index in [-0.39, 0.29) is 11.6 Å². The number of hydrogen-bond acceptors (Lipinski definition) is 4. The van der Waals surface area contributed by atoms with Crippen molar-refractivity contribution in [2.45, 2.75) is 27.7 Å². The zero-order valence-electron chi connectivity index (χ0n) is 16.1. The van der Waals surface area contributed by atoms with Gasteiger partial charge in [0, 0.05) is 16.7 Å².